The molecule has 0 radical (unpaired) electrons. The van der Waals surface area contributed by atoms with Crippen molar-refractivity contribution >= 4 is 0 Å². The molecule has 3 nitrogen and oxygen atoms in total. The second kappa shape index (κ2) is 5.87. The van der Waals surface area contributed by atoms with Crippen molar-refractivity contribution in [3.8, 4) is 11.5 Å². The summed E-state index contributed by atoms with van der Waals surface area (Å²) in [6.45, 7) is 3.03. The molecular weight excluding hydrogens is 221 g/mol. The molecule has 0 spiro atoms. The summed E-state index contributed by atoms with van der Waals surface area (Å²) in [5.41, 5.74) is 0. The molecule has 1 aromatic rings. The van der Waals surface area contributed by atoms with E-state index in [-0.39, 0.29) is 18.3 Å². The second-order valence-electron chi connectivity index (χ2n) is 4.45. The van der Waals surface area contributed by atoms with Gasteiger partial charge in [-0.15, -0.1) is 0 Å². The van der Waals surface area contributed by atoms with Crippen molar-refractivity contribution < 1.29 is 14.2 Å². The van der Waals surface area contributed by atoms with E-state index in [9.17, 15) is 4.39 Å². The number of hydrogen-bond acceptors (Lipinski definition) is 3. The number of hydrogen-bond donors (Lipinski definition) is 1. The maximum atomic E-state index is 12.4. The van der Waals surface area contributed by atoms with Crippen LogP contribution in [-0.2, 0) is 0 Å². The van der Waals surface area contributed by atoms with Crippen molar-refractivity contribution in [3.63, 3.8) is 0 Å². The van der Waals surface area contributed by atoms with E-state index in [4.69, 9.17) is 9.84 Å². The summed E-state index contributed by atoms with van der Waals surface area (Å²) in [5, 5.41) is 9.11. The monoisotopic (exact) mass is 239 g/mol. The minimum Gasteiger partial charge on any atom is -0.508 e. The van der Waals surface area contributed by atoms with Crippen LogP contribution in [0, 0.1) is 5.92 Å². The predicted molar refractivity (Wildman–Crippen MR) is 64.1 cm³/mol. The highest BCUT2D eigenvalue weighted by Crippen LogP contribution is 2.17. The average Bonchev–Trinajstić information content (AvgIpc) is 2.80. The van der Waals surface area contributed by atoms with Crippen molar-refractivity contribution in [2.24, 2.45) is 5.92 Å². The number of rotatable bonds is 5. The normalized spacial score (nSPS) is 20.6. The van der Waals surface area contributed by atoms with Crippen LogP contribution in [0.1, 0.15) is 6.42 Å². The van der Waals surface area contributed by atoms with Crippen molar-refractivity contribution in [1.29, 1.82) is 0 Å². The van der Waals surface area contributed by atoms with Crippen LogP contribution in [0.2, 0.25) is 0 Å². The third-order valence-electron chi connectivity index (χ3n) is 3.10. The number of phenolic OH excluding ortho intramolecular Hbond substituents is 1. The Bertz CT molecular complexity index is 342. The maximum absolute atomic E-state index is 12.4. The summed E-state index contributed by atoms with van der Waals surface area (Å²) < 4.78 is 18.0. The van der Waals surface area contributed by atoms with E-state index in [0.717, 1.165) is 31.8 Å². The van der Waals surface area contributed by atoms with E-state index in [1.165, 1.54) is 0 Å². The molecule has 1 atom stereocenters. The van der Waals surface area contributed by atoms with Crippen LogP contribution >= 0.6 is 0 Å². The highest BCUT2D eigenvalue weighted by atomic mass is 19.1. The van der Waals surface area contributed by atoms with Crippen molar-refractivity contribution in [1.82, 2.24) is 4.90 Å². The third kappa shape index (κ3) is 3.60. The Morgan fingerprint density at radius 1 is 1.35 bits per heavy atom. The van der Waals surface area contributed by atoms with Gasteiger partial charge in [0.2, 0.25) is 0 Å². The summed E-state index contributed by atoms with van der Waals surface area (Å²) in [7, 11) is 0. The van der Waals surface area contributed by atoms with Crippen LogP contribution in [0.3, 0.4) is 0 Å². The molecule has 1 N–H and O–H groups in total. The van der Waals surface area contributed by atoms with Crippen LogP contribution in [0.5, 0.6) is 11.5 Å². The van der Waals surface area contributed by atoms with E-state index in [0.29, 0.717) is 6.61 Å². The fourth-order valence-corrected chi connectivity index (χ4v) is 2.08. The van der Waals surface area contributed by atoms with Gasteiger partial charge in [-0.3, -0.25) is 9.29 Å². The average molecular weight is 239 g/mol. The number of phenols is 1. The van der Waals surface area contributed by atoms with Gasteiger partial charge in [0.25, 0.3) is 0 Å². The molecule has 0 saturated carbocycles. The fourth-order valence-electron chi connectivity index (χ4n) is 2.08. The van der Waals surface area contributed by atoms with E-state index in [1.807, 2.05) is 0 Å². The van der Waals surface area contributed by atoms with Crippen molar-refractivity contribution in [2.75, 3.05) is 32.9 Å². The zero-order valence-electron chi connectivity index (χ0n) is 9.81. The second-order valence-corrected chi connectivity index (χ2v) is 4.45. The molecule has 1 aliphatic heterocycles. The lowest BCUT2D eigenvalue weighted by Gasteiger charge is -2.15. The molecule has 2 rings (SSSR count). The van der Waals surface area contributed by atoms with E-state index >= 15 is 0 Å². The van der Waals surface area contributed by atoms with Gasteiger partial charge < -0.3 is 9.84 Å². The Labute approximate surface area is 101 Å². The molecule has 1 fully saturated rings. The number of ether oxygens (including phenoxy) is 1. The highest BCUT2D eigenvalue weighted by molar-refractivity contribution is 5.29. The first-order chi connectivity index (χ1) is 8.28. The fraction of sp³-hybridized carbons (Fsp3) is 0.538. The van der Waals surface area contributed by atoms with Crippen molar-refractivity contribution in [2.45, 2.75) is 6.42 Å². The minimum atomic E-state index is -0.213. The molecule has 1 unspecified atom stereocenters. The van der Waals surface area contributed by atoms with Gasteiger partial charge in [0.05, 0.1) is 6.67 Å². The number of aromatic hydroxyl groups is 1. The summed E-state index contributed by atoms with van der Waals surface area (Å²) in [6, 6.07) is 6.68. The van der Waals surface area contributed by atoms with Gasteiger partial charge in [-0.05, 0) is 37.2 Å². The predicted octanol–water partition coefficient (Wildman–Crippen LogP) is 2.06. The standard InChI is InChI=1S/C13H18FNO2/c14-9-11-5-6-15(10-11)7-8-17-13-3-1-12(16)2-4-13/h1-4,11,16H,5-10H2. The lowest BCUT2D eigenvalue weighted by molar-refractivity contribution is 0.228. The number of likely N-dealkylation sites (tertiary alicyclic amines) is 1. The van der Waals surface area contributed by atoms with Crippen molar-refractivity contribution in [3.05, 3.63) is 24.3 Å². The Balaban J connectivity index is 1.68. The zero-order chi connectivity index (χ0) is 12.1. The molecule has 0 amide bonds. The van der Waals surface area contributed by atoms with Crippen LogP contribution < -0.4 is 4.74 Å². The Hall–Kier alpha value is -1.29. The first kappa shape index (κ1) is 12.2. The molecule has 0 aliphatic carbocycles. The van der Waals surface area contributed by atoms with Crippen LogP contribution in [0.4, 0.5) is 4.39 Å². The molecule has 17 heavy (non-hydrogen) atoms. The Kier molecular flexibility index (Phi) is 4.20. The highest BCUT2D eigenvalue weighted by Gasteiger charge is 2.21. The SMILES string of the molecule is Oc1ccc(OCCN2CCC(CF)C2)cc1. The minimum absolute atomic E-state index is 0.212. The molecule has 1 aromatic carbocycles. The number of nitrogens with zero attached hydrogens (tertiary/aromatic N) is 1. The summed E-state index contributed by atoms with van der Waals surface area (Å²) in [4.78, 5) is 2.23. The topological polar surface area (TPSA) is 32.7 Å². The molecule has 0 bridgehead atoms. The van der Waals surface area contributed by atoms with Gasteiger partial charge in [0.1, 0.15) is 18.1 Å². The van der Waals surface area contributed by atoms with Crippen LogP contribution in [0.25, 0.3) is 0 Å². The molecular formula is C13H18FNO2. The number of benzene rings is 1. The van der Waals surface area contributed by atoms with Gasteiger partial charge >= 0.3 is 0 Å². The van der Waals surface area contributed by atoms with Gasteiger partial charge in [0.15, 0.2) is 0 Å². The lowest BCUT2D eigenvalue weighted by Crippen LogP contribution is -2.26. The Morgan fingerprint density at radius 3 is 2.76 bits per heavy atom. The van der Waals surface area contributed by atoms with Crippen LogP contribution in [0.15, 0.2) is 24.3 Å². The Morgan fingerprint density at radius 2 is 2.12 bits per heavy atom. The van der Waals surface area contributed by atoms with Gasteiger partial charge in [0, 0.05) is 19.0 Å². The summed E-state index contributed by atoms with van der Waals surface area (Å²) in [6.07, 6.45) is 0.954. The van der Waals surface area contributed by atoms with Gasteiger partial charge in [-0.2, -0.15) is 0 Å². The van der Waals surface area contributed by atoms with E-state index in [1.54, 1.807) is 24.3 Å². The third-order valence-corrected chi connectivity index (χ3v) is 3.10. The smallest absolute Gasteiger partial charge is 0.119 e. The molecule has 0 aromatic heterocycles. The van der Waals surface area contributed by atoms with Gasteiger partial charge in [-0.25, -0.2) is 0 Å². The summed E-state index contributed by atoms with van der Waals surface area (Å²) >= 11 is 0. The molecule has 1 aliphatic rings. The zero-order valence-corrected chi connectivity index (χ0v) is 9.81. The maximum Gasteiger partial charge on any atom is 0.119 e. The summed E-state index contributed by atoms with van der Waals surface area (Å²) in [5.74, 6) is 1.20. The first-order valence-electron chi connectivity index (χ1n) is 5.98. The molecule has 4 heteroatoms. The van der Waals surface area contributed by atoms with Gasteiger partial charge in [-0.1, -0.05) is 0 Å². The van der Waals surface area contributed by atoms with Crippen LogP contribution in [-0.4, -0.2) is 42.9 Å². The van der Waals surface area contributed by atoms with E-state index < -0.39 is 0 Å². The molecule has 94 valence electrons. The number of halogens is 1. The van der Waals surface area contributed by atoms with E-state index in [2.05, 4.69) is 4.90 Å². The quantitative estimate of drug-likeness (QED) is 0.853. The largest absolute Gasteiger partial charge is 0.508 e. The molecule has 1 heterocycles. The molecule has 1 saturated heterocycles. The first-order valence-corrected chi connectivity index (χ1v) is 5.98. The number of alkyl halides is 1. The lowest BCUT2D eigenvalue weighted by atomic mass is 10.1.